The van der Waals surface area contributed by atoms with Crippen molar-refractivity contribution in [1.29, 1.82) is 0 Å². The lowest BCUT2D eigenvalue weighted by atomic mass is 10.1. The minimum absolute atomic E-state index is 0.722. The van der Waals surface area contributed by atoms with Crippen molar-refractivity contribution in [2.75, 3.05) is 13.7 Å². The number of hydrogen-bond donors (Lipinski definition) is 1. The molecule has 0 aliphatic carbocycles. The summed E-state index contributed by atoms with van der Waals surface area (Å²) in [5.41, 5.74) is 5.43. The maximum atomic E-state index is 5.31. The Morgan fingerprint density at radius 3 is 2.24 bits per heavy atom. The van der Waals surface area contributed by atoms with Crippen LogP contribution < -0.4 is 9.64 Å². The van der Waals surface area contributed by atoms with Crippen LogP contribution in [0.3, 0.4) is 0 Å². The highest BCUT2D eigenvalue weighted by atomic mass is 16.5. The lowest BCUT2D eigenvalue weighted by Gasteiger charge is -2.22. The molecule has 0 amide bonds. The fourth-order valence-electron chi connectivity index (χ4n) is 3.67. The van der Waals surface area contributed by atoms with Crippen LogP contribution in [0.25, 0.3) is 0 Å². The van der Waals surface area contributed by atoms with E-state index in [0.717, 1.165) is 31.3 Å². The van der Waals surface area contributed by atoms with Gasteiger partial charge < -0.3 is 14.2 Å². The van der Waals surface area contributed by atoms with Gasteiger partial charge >= 0.3 is 0 Å². The van der Waals surface area contributed by atoms with E-state index in [4.69, 9.17) is 4.74 Å². The number of rotatable bonds is 10. The molecule has 0 saturated carbocycles. The summed E-state index contributed by atoms with van der Waals surface area (Å²) in [5, 5.41) is 0. The van der Waals surface area contributed by atoms with Gasteiger partial charge in [-0.2, -0.15) is 0 Å². The predicted molar refractivity (Wildman–Crippen MR) is 120 cm³/mol. The second-order valence-electron chi connectivity index (χ2n) is 8.50. The quantitative estimate of drug-likeness (QED) is 0.540. The first-order valence-electron chi connectivity index (χ1n) is 10.7. The van der Waals surface area contributed by atoms with Gasteiger partial charge in [-0.05, 0) is 61.2 Å². The molecule has 2 aromatic carbocycles. The van der Waals surface area contributed by atoms with Gasteiger partial charge in [-0.3, -0.25) is 0 Å². The van der Waals surface area contributed by atoms with Crippen LogP contribution in [-0.2, 0) is 19.6 Å². The van der Waals surface area contributed by atoms with Crippen molar-refractivity contribution in [1.82, 2.24) is 4.57 Å². The van der Waals surface area contributed by atoms with E-state index in [2.05, 4.69) is 92.2 Å². The summed E-state index contributed by atoms with van der Waals surface area (Å²) < 4.78 is 7.70. The molecule has 1 aromatic heterocycles. The van der Waals surface area contributed by atoms with Gasteiger partial charge in [0.2, 0.25) is 0 Å². The second kappa shape index (κ2) is 10.3. The van der Waals surface area contributed by atoms with Gasteiger partial charge in [-0.15, -0.1) is 0 Å². The van der Waals surface area contributed by atoms with E-state index in [1.165, 1.54) is 35.3 Å². The molecule has 3 rings (SSSR count). The van der Waals surface area contributed by atoms with Gasteiger partial charge in [0.1, 0.15) is 18.8 Å². The van der Waals surface area contributed by atoms with Crippen molar-refractivity contribution in [3.63, 3.8) is 0 Å². The smallest absolute Gasteiger partial charge is 0.118 e. The van der Waals surface area contributed by atoms with Gasteiger partial charge in [0.15, 0.2) is 0 Å². The number of quaternary nitrogens is 1. The van der Waals surface area contributed by atoms with Gasteiger partial charge in [0.25, 0.3) is 0 Å². The molecular formula is C26H35N2O+. The molecule has 0 aliphatic rings. The topological polar surface area (TPSA) is 18.6 Å². The zero-order chi connectivity index (χ0) is 20.6. The number of hydrogen-bond acceptors (Lipinski definition) is 1. The highest BCUT2D eigenvalue weighted by Gasteiger charge is 2.14. The van der Waals surface area contributed by atoms with Gasteiger partial charge in [0, 0.05) is 18.3 Å². The Morgan fingerprint density at radius 2 is 1.59 bits per heavy atom. The second-order valence-corrected chi connectivity index (χ2v) is 8.50. The van der Waals surface area contributed by atoms with Crippen molar-refractivity contribution in [3.05, 3.63) is 89.2 Å². The molecule has 154 valence electrons. The molecular weight excluding hydrogens is 356 g/mol. The molecule has 0 fully saturated rings. The zero-order valence-electron chi connectivity index (χ0n) is 18.3. The van der Waals surface area contributed by atoms with E-state index >= 15 is 0 Å². The number of aryl methyl sites for hydroxylation is 1. The molecule has 3 aromatic rings. The van der Waals surface area contributed by atoms with E-state index in [0.29, 0.717) is 0 Å². The predicted octanol–water partition coefficient (Wildman–Crippen LogP) is 4.48. The van der Waals surface area contributed by atoms with Gasteiger partial charge in [-0.25, -0.2) is 0 Å². The van der Waals surface area contributed by atoms with Crippen molar-refractivity contribution in [3.8, 4) is 5.75 Å². The maximum absolute atomic E-state index is 5.31. The molecule has 29 heavy (non-hydrogen) atoms. The molecule has 0 radical (unpaired) electrons. The molecule has 1 N–H and O–H groups in total. The third kappa shape index (κ3) is 6.50. The van der Waals surface area contributed by atoms with Crippen LogP contribution in [0, 0.1) is 12.8 Å². The Morgan fingerprint density at radius 1 is 0.897 bits per heavy atom. The standard InChI is InChI=1S/C26H34N2O/c1-21(2)15-17-27(18-23-11-13-26(29-4)14-12-23)20-25-6-5-16-28(25)19-24-9-7-22(3)8-10-24/h5-14,16,21H,15,17-20H2,1-4H3/p+1. The molecule has 0 saturated heterocycles. The molecule has 1 heterocycles. The summed E-state index contributed by atoms with van der Waals surface area (Å²) >= 11 is 0. The third-order valence-electron chi connectivity index (χ3n) is 5.52. The number of nitrogens with one attached hydrogen (secondary N) is 1. The van der Waals surface area contributed by atoms with Crippen LogP contribution >= 0.6 is 0 Å². The zero-order valence-corrected chi connectivity index (χ0v) is 18.3. The fourth-order valence-corrected chi connectivity index (χ4v) is 3.67. The monoisotopic (exact) mass is 391 g/mol. The number of aromatic nitrogens is 1. The summed E-state index contributed by atoms with van der Waals surface area (Å²) in [6, 6.07) is 21.8. The summed E-state index contributed by atoms with van der Waals surface area (Å²) in [7, 11) is 1.72. The number of ether oxygens (including phenoxy) is 1. The Labute approximate surface area is 175 Å². The lowest BCUT2D eigenvalue weighted by molar-refractivity contribution is -0.928. The Kier molecular flexibility index (Phi) is 7.54. The molecule has 1 unspecified atom stereocenters. The Bertz CT molecular complexity index is 862. The minimum atomic E-state index is 0.722. The van der Waals surface area contributed by atoms with Crippen molar-refractivity contribution < 1.29 is 9.64 Å². The molecule has 1 atom stereocenters. The fraction of sp³-hybridized carbons (Fsp3) is 0.385. The van der Waals surface area contributed by atoms with E-state index in [-0.39, 0.29) is 0 Å². The third-order valence-corrected chi connectivity index (χ3v) is 5.52. The van der Waals surface area contributed by atoms with Crippen molar-refractivity contribution in [2.45, 2.75) is 46.8 Å². The number of methoxy groups -OCH3 is 1. The first kappa shape index (κ1) is 21.2. The largest absolute Gasteiger partial charge is 0.497 e. The maximum Gasteiger partial charge on any atom is 0.118 e. The van der Waals surface area contributed by atoms with E-state index in [1.54, 1.807) is 12.0 Å². The summed E-state index contributed by atoms with van der Waals surface area (Å²) in [4.78, 5) is 1.60. The average Bonchev–Trinajstić information content (AvgIpc) is 3.15. The summed E-state index contributed by atoms with van der Waals surface area (Å²) in [6.07, 6.45) is 3.45. The number of nitrogens with zero attached hydrogens (tertiary/aromatic N) is 1. The van der Waals surface area contributed by atoms with E-state index < -0.39 is 0 Å². The minimum Gasteiger partial charge on any atom is -0.497 e. The van der Waals surface area contributed by atoms with Crippen LogP contribution in [-0.4, -0.2) is 18.2 Å². The average molecular weight is 392 g/mol. The van der Waals surface area contributed by atoms with Crippen LogP contribution in [0.5, 0.6) is 5.75 Å². The van der Waals surface area contributed by atoms with Crippen LogP contribution in [0.1, 0.15) is 42.7 Å². The van der Waals surface area contributed by atoms with Gasteiger partial charge in [-0.1, -0.05) is 43.7 Å². The summed E-state index contributed by atoms with van der Waals surface area (Å²) in [5.74, 6) is 1.64. The molecule has 3 heteroatoms. The molecule has 3 nitrogen and oxygen atoms in total. The summed E-state index contributed by atoms with van der Waals surface area (Å²) in [6.45, 7) is 10.9. The highest BCUT2D eigenvalue weighted by molar-refractivity contribution is 5.26. The Hall–Kier alpha value is -2.52. The highest BCUT2D eigenvalue weighted by Crippen LogP contribution is 2.12. The van der Waals surface area contributed by atoms with E-state index in [9.17, 15) is 0 Å². The van der Waals surface area contributed by atoms with Crippen molar-refractivity contribution in [2.24, 2.45) is 5.92 Å². The van der Waals surface area contributed by atoms with E-state index in [1.807, 2.05) is 0 Å². The molecule has 0 spiro atoms. The SMILES string of the molecule is COc1ccc(C[NH+](CCC(C)C)Cc2cccn2Cc2ccc(C)cc2)cc1. The van der Waals surface area contributed by atoms with Crippen molar-refractivity contribution >= 4 is 0 Å². The van der Waals surface area contributed by atoms with Crippen LogP contribution in [0.4, 0.5) is 0 Å². The Balaban J connectivity index is 1.71. The first-order valence-corrected chi connectivity index (χ1v) is 10.7. The lowest BCUT2D eigenvalue weighted by Crippen LogP contribution is -3.09. The van der Waals surface area contributed by atoms with Gasteiger partial charge in [0.05, 0.1) is 19.3 Å². The molecule has 0 bridgehead atoms. The van der Waals surface area contributed by atoms with Crippen LogP contribution in [0.2, 0.25) is 0 Å². The van der Waals surface area contributed by atoms with Crippen LogP contribution in [0.15, 0.2) is 66.9 Å². The first-order chi connectivity index (χ1) is 14.0. The molecule has 0 aliphatic heterocycles. The number of benzene rings is 2. The normalized spacial score (nSPS) is 12.3.